The zero-order chi connectivity index (χ0) is 19.6. The Hall–Kier alpha value is -2.98. The van der Waals surface area contributed by atoms with E-state index in [1.54, 1.807) is 11.0 Å². The minimum atomic E-state index is -3.63. The predicted molar refractivity (Wildman–Crippen MR) is 102 cm³/mol. The maximum atomic E-state index is 12.9. The van der Waals surface area contributed by atoms with Crippen molar-refractivity contribution in [3.63, 3.8) is 0 Å². The Morgan fingerprint density at radius 3 is 2.64 bits per heavy atom. The first-order valence-electron chi connectivity index (χ1n) is 8.94. The summed E-state index contributed by atoms with van der Waals surface area (Å²) in [5, 5.41) is 7.09. The van der Waals surface area contributed by atoms with Crippen molar-refractivity contribution in [2.45, 2.75) is 11.4 Å². The molecule has 1 aromatic carbocycles. The van der Waals surface area contributed by atoms with Crippen LogP contribution < -0.4 is 0 Å². The number of imidazole rings is 1. The lowest BCUT2D eigenvalue weighted by Gasteiger charge is -2.20. The summed E-state index contributed by atoms with van der Waals surface area (Å²) in [5.41, 5.74) is 2.01. The van der Waals surface area contributed by atoms with E-state index in [4.69, 9.17) is 0 Å². The summed E-state index contributed by atoms with van der Waals surface area (Å²) >= 11 is 0. The lowest BCUT2D eigenvalue weighted by atomic mass is 10.1. The first kappa shape index (κ1) is 18.4. The normalized spacial score (nSPS) is 16.1. The molecule has 1 fully saturated rings. The zero-order valence-electron chi connectivity index (χ0n) is 15.1. The van der Waals surface area contributed by atoms with Crippen molar-refractivity contribution in [3.05, 3.63) is 54.6 Å². The quantitative estimate of drug-likeness (QED) is 0.686. The van der Waals surface area contributed by atoms with Gasteiger partial charge < -0.3 is 9.88 Å². The number of carbonyl (C=O) groups excluding carboxylic acids is 1. The molecule has 3 aromatic rings. The monoisotopic (exact) mass is 400 g/mol. The third kappa shape index (κ3) is 3.56. The van der Waals surface area contributed by atoms with Crippen molar-refractivity contribution in [1.82, 2.24) is 29.4 Å². The molecule has 146 valence electrons. The van der Waals surface area contributed by atoms with E-state index in [2.05, 4.69) is 20.2 Å². The molecule has 9 nitrogen and oxygen atoms in total. The predicted octanol–water partition coefficient (Wildman–Crippen LogP) is 1.34. The van der Waals surface area contributed by atoms with E-state index >= 15 is 0 Å². The summed E-state index contributed by atoms with van der Waals surface area (Å²) in [6.07, 6.45) is 3.18. The van der Waals surface area contributed by atoms with E-state index in [1.165, 1.54) is 16.8 Å². The summed E-state index contributed by atoms with van der Waals surface area (Å²) in [6.45, 7) is 1.37. The average molecular weight is 400 g/mol. The molecule has 3 heterocycles. The highest BCUT2D eigenvalue weighted by molar-refractivity contribution is 7.89. The molecule has 1 amide bonds. The lowest BCUT2D eigenvalue weighted by Crippen LogP contribution is -2.37. The van der Waals surface area contributed by atoms with E-state index in [0.717, 1.165) is 5.56 Å². The van der Waals surface area contributed by atoms with Crippen LogP contribution in [0, 0.1) is 0 Å². The Balaban J connectivity index is 1.46. The van der Waals surface area contributed by atoms with Gasteiger partial charge in [-0.15, -0.1) is 0 Å². The van der Waals surface area contributed by atoms with Crippen molar-refractivity contribution in [2.24, 2.45) is 0 Å². The van der Waals surface area contributed by atoms with Crippen LogP contribution in [0.4, 0.5) is 0 Å². The molecule has 4 rings (SSSR count). The van der Waals surface area contributed by atoms with Crippen LogP contribution in [0.2, 0.25) is 0 Å². The first-order chi connectivity index (χ1) is 13.6. The molecule has 0 bridgehead atoms. The number of H-pyrrole nitrogens is 2. The van der Waals surface area contributed by atoms with Crippen molar-refractivity contribution in [3.8, 4) is 11.3 Å². The molecule has 0 unspecified atom stereocenters. The fourth-order valence-corrected chi connectivity index (χ4v) is 4.58. The maximum Gasteiger partial charge on any atom is 0.271 e. The number of rotatable bonds is 4. The van der Waals surface area contributed by atoms with Crippen LogP contribution in [0.3, 0.4) is 0 Å². The van der Waals surface area contributed by atoms with Gasteiger partial charge in [-0.05, 0) is 12.5 Å². The molecular formula is C18H20N6O3S. The van der Waals surface area contributed by atoms with Crippen LogP contribution in [0.5, 0.6) is 0 Å². The number of aromatic amines is 2. The second kappa shape index (κ2) is 7.56. The molecule has 0 atom stereocenters. The van der Waals surface area contributed by atoms with E-state index in [1.807, 2.05) is 30.3 Å². The van der Waals surface area contributed by atoms with Crippen LogP contribution in [-0.4, -0.2) is 69.9 Å². The Morgan fingerprint density at radius 1 is 1.07 bits per heavy atom. The third-order valence-electron chi connectivity index (χ3n) is 4.71. The summed E-state index contributed by atoms with van der Waals surface area (Å²) in [6, 6.07) is 11.3. The highest BCUT2D eigenvalue weighted by atomic mass is 32.2. The standard InChI is InChI=1S/C18H20N6O3S/c25-18(16-11-15(21-22-16)14-5-2-1-3-6-14)23-7-4-8-24(10-9-23)28(26,27)17-12-19-13-20-17/h1-3,5-6,11-13H,4,7-10H2,(H,19,20)(H,21,22). The average Bonchev–Trinajstić information content (AvgIpc) is 3.36. The fraction of sp³-hybridized carbons (Fsp3) is 0.278. The van der Waals surface area contributed by atoms with Crippen LogP contribution in [0.25, 0.3) is 11.3 Å². The van der Waals surface area contributed by atoms with Gasteiger partial charge in [-0.3, -0.25) is 9.89 Å². The van der Waals surface area contributed by atoms with Gasteiger partial charge in [0.15, 0.2) is 5.03 Å². The van der Waals surface area contributed by atoms with Crippen molar-refractivity contribution >= 4 is 15.9 Å². The molecule has 0 radical (unpaired) electrons. The van der Waals surface area contributed by atoms with Gasteiger partial charge in [0.2, 0.25) is 0 Å². The van der Waals surface area contributed by atoms with Crippen molar-refractivity contribution in [2.75, 3.05) is 26.2 Å². The summed E-state index contributed by atoms with van der Waals surface area (Å²) in [4.78, 5) is 20.9. The van der Waals surface area contributed by atoms with Gasteiger partial charge >= 0.3 is 0 Å². The number of nitrogens with zero attached hydrogens (tertiary/aromatic N) is 4. The van der Waals surface area contributed by atoms with E-state index in [9.17, 15) is 13.2 Å². The molecule has 1 aliphatic rings. The van der Waals surface area contributed by atoms with Gasteiger partial charge in [-0.25, -0.2) is 13.4 Å². The summed E-state index contributed by atoms with van der Waals surface area (Å²) < 4.78 is 26.7. The molecular weight excluding hydrogens is 380 g/mol. The highest BCUT2D eigenvalue weighted by Gasteiger charge is 2.29. The topological polar surface area (TPSA) is 115 Å². The van der Waals surface area contributed by atoms with E-state index < -0.39 is 10.0 Å². The van der Waals surface area contributed by atoms with Gasteiger partial charge in [0.1, 0.15) is 5.69 Å². The van der Waals surface area contributed by atoms with Gasteiger partial charge in [-0.1, -0.05) is 30.3 Å². The largest absolute Gasteiger partial charge is 0.336 e. The number of hydrogen-bond donors (Lipinski definition) is 2. The van der Waals surface area contributed by atoms with Crippen LogP contribution in [0.1, 0.15) is 16.9 Å². The lowest BCUT2D eigenvalue weighted by molar-refractivity contribution is 0.0758. The number of benzene rings is 1. The molecule has 0 saturated carbocycles. The molecule has 10 heteroatoms. The number of hydrogen-bond acceptors (Lipinski definition) is 5. The van der Waals surface area contributed by atoms with E-state index in [0.29, 0.717) is 37.4 Å². The number of sulfonamides is 1. The second-order valence-electron chi connectivity index (χ2n) is 6.50. The molecule has 1 aliphatic heterocycles. The number of aromatic nitrogens is 4. The SMILES string of the molecule is O=C(c1cc(-c2ccccc2)n[nH]1)N1CCCN(S(=O)(=O)c2cnc[nH]2)CC1. The van der Waals surface area contributed by atoms with Gasteiger partial charge in [0.25, 0.3) is 15.9 Å². The molecule has 0 spiro atoms. The number of amides is 1. The van der Waals surface area contributed by atoms with Gasteiger partial charge in [0, 0.05) is 31.7 Å². The van der Waals surface area contributed by atoms with Gasteiger partial charge in [0.05, 0.1) is 18.2 Å². The number of carbonyl (C=O) groups is 1. The van der Waals surface area contributed by atoms with Crippen LogP contribution >= 0.6 is 0 Å². The fourth-order valence-electron chi connectivity index (χ4n) is 3.22. The number of nitrogens with one attached hydrogen (secondary N) is 2. The first-order valence-corrected chi connectivity index (χ1v) is 10.4. The summed E-state index contributed by atoms with van der Waals surface area (Å²) in [5.74, 6) is -0.185. The Kier molecular flexibility index (Phi) is 4.97. The maximum absolute atomic E-state index is 12.9. The van der Waals surface area contributed by atoms with E-state index in [-0.39, 0.29) is 17.5 Å². The summed E-state index contributed by atoms with van der Waals surface area (Å²) in [7, 11) is -3.63. The van der Waals surface area contributed by atoms with Crippen molar-refractivity contribution < 1.29 is 13.2 Å². The minimum absolute atomic E-state index is 0.0633. The Labute approximate surface area is 162 Å². The third-order valence-corrected chi connectivity index (χ3v) is 6.53. The van der Waals surface area contributed by atoms with Crippen LogP contribution in [-0.2, 0) is 10.0 Å². The molecule has 0 aliphatic carbocycles. The Morgan fingerprint density at radius 2 is 1.89 bits per heavy atom. The molecule has 2 aromatic heterocycles. The highest BCUT2D eigenvalue weighted by Crippen LogP contribution is 2.19. The molecule has 28 heavy (non-hydrogen) atoms. The zero-order valence-corrected chi connectivity index (χ0v) is 15.9. The Bertz CT molecular complexity index is 1050. The van der Waals surface area contributed by atoms with Gasteiger partial charge in [-0.2, -0.15) is 9.40 Å². The smallest absolute Gasteiger partial charge is 0.271 e. The van der Waals surface area contributed by atoms with Crippen molar-refractivity contribution in [1.29, 1.82) is 0 Å². The second-order valence-corrected chi connectivity index (χ2v) is 8.40. The molecule has 1 saturated heterocycles. The van der Waals surface area contributed by atoms with Crippen LogP contribution in [0.15, 0.2) is 53.9 Å². The minimum Gasteiger partial charge on any atom is -0.336 e. The molecule has 2 N–H and O–H groups in total.